The van der Waals surface area contributed by atoms with Crippen molar-refractivity contribution in [3.63, 3.8) is 0 Å². The lowest BCUT2D eigenvalue weighted by Gasteiger charge is -2.47. The molecule has 3 aliphatic rings. The second-order valence-electron chi connectivity index (χ2n) is 8.29. The summed E-state index contributed by atoms with van der Waals surface area (Å²) < 4.78 is 6.86. The molecule has 1 amide bonds. The van der Waals surface area contributed by atoms with Crippen LogP contribution >= 0.6 is 15.9 Å². The van der Waals surface area contributed by atoms with E-state index in [4.69, 9.17) is 4.74 Å². The number of ether oxygens (including phenoxy) is 1. The number of nitrogens with zero attached hydrogens (tertiary/aromatic N) is 2. The van der Waals surface area contributed by atoms with Crippen LogP contribution in [0.3, 0.4) is 0 Å². The number of hydrogen-bond donors (Lipinski definition) is 0. The van der Waals surface area contributed by atoms with E-state index < -0.39 is 0 Å². The average molecular weight is 421 g/mol. The first-order valence-corrected chi connectivity index (χ1v) is 10.8. The van der Waals surface area contributed by atoms with Crippen LogP contribution in [0.5, 0.6) is 5.75 Å². The number of carbonyl (C=O) groups is 1. The zero-order valence-electron chi connectivity index (χ0n) is 15.8. The molecule has 0 unspecified atom stereocenters. The summed E-state index contributed by atoms with van der Waals surface area (Å²) in [5.41, 5.74) is 0.690. The van der Waals surface area contributed by atoms with E-state index in [1.807, 2.05) is 32.0 Å². The van der Waals surface area contributed by atoms with E-state index in [-0.39, 0.29) is 12.0 Å². The Morgan fingerprint density at radius 1 is 1.19 bits per heavy atom. The van der Waals surface area contributed by atoms with Gasteiger partial charge in [-0.2, -0.15) is 0 Å². The van der Waals surface area contributed by atoms with Crippen LogP contribution in [0.25, 0.3) is 0 Å². The van der Waals surface area contributed by atoms with Crippen molar-refractivity contribution >= 4 is 21.8 Å². The Bertz CT molecular complexity index is 674. The fraction of sp³-hybridized carbons (Fsp3) is 0.667. The number of likely N-dealkylation sites (tertiary alicyclic amines) is 2. The lowest BCUT2D eigenvalue weighted by Crippen LogP contribution is -2.55. The molecule has 2 heterocycles. The first-order chi connectivity index (χ1) is 12.5. The number of halogens is 1. The third-order valence-electron chi connectivity index (χ3n) is 5.95. The molecule has 2 aliphatic heterocycles. The molecule has 0 bridgehead atoms. The largest absolute Gasteiger partial charge is 0.490 e. The van der Waals surface area contributed by atoms with Gasteiger partial charge in [-0.25, -0.2) is 0 Å². The Hall–Kier alpha value is -1.07. The van der Waals surface area contributed by atoms with E-state index in [2.05, 4.69) is 25.7 Å². The molecule has 0 N–H and O–H groups in total. The molecule has 2 atom stereocenters. The zero-order chi connectivity index (χ0) is 18.3. The van der Waals surface area contributed by atoms with Crippen LogP contribution in [-0.4, -0.2) is 53.5 Å². The molecule has 4 nitrogen and oxygen atoms in total. The maximum atomic E-state index is 13.2. The summed E-state index contributed by atoms with van der Waals surface area (Å²) in [6, 6.07) is 7.27. The van der Waals surface area contributed by atoms with Crippen LogP contribution in [0, 0.1) is 5.92 Å². The third-order valence-corrected chi connectivity index (χ3v) is 6.44. The Morgan fingerprint density at radius 3 is 2.73 bits per heavy atom. The molecule has 1 aliphatic carbocycles. The molecule has 2 saturated heterocycles. The van der Waals surface area contributed by atoms with Gasteiger partial charge >= 0.3 is 0 Å². The van der Waals surface area contributed by atoms with Gasteiger partial charge in [-0.1, -0.05) is 15.9 Å². The lowest BCUT2D eigenvalue weighted by molar-refractivity contribution is 0.0172. The van der Waals surface area contributed by atoms with Crippen molar-refractivity contribution < 1.29 is 9.53 Å². The molecule has 4 rings (SSSR count). The van der Waals surface area contributed by atoms with E-state index >= 15 is 0 Å². The highest BCUT2D eigenvalue weighted by atomic mass is 79.9. The van der Waals surface area contributed by atoms with Crippen molar-refractivity contribution in [3.8, 4) is 5.75 Å². The smallest absolute Gasteiger partial charge is 0.257 e. The standard InChI is InChI=1S/C21H29BrN2O2/c1-14(2)26-20-12-16(22)5-8-18(20)21(25)23-11-9-19-15(13-23)4-3-10-24(19)17-6-7-17/h5,8,12,14-15,17,19H,3-4,6-7,9-11,13H2,1-2H3/t15-,19-/m1/s1. The molecule has 1 aromatic carbocycles. The minimum atomic E-state index is 0.0482. The van der Waals surface area contributed by atoms with Crippen molar-refractivity contribution in [2.75, 3.05) is 19.6 Å². The molecule has 0 aromatic heterocycles. The Morgan fingerprint density at radius 2 is 2.00 bits per heavy atom. The number of rotatable bonds is 4. The number of amides is 1. The predicted molar refractivity (Wildman–Crippen MR) is 107 cm³/mol. The van der Waals surface area contributed by atoms with Crippen LogP contribution in [0.2, 0.25) is 0 Å². The van der Waals surface area contributed by atoms with Crippen LogP contribution in [0.1, 0.15) is 56.3 Å². The van der Waals surface area contributed by atoms with Gasteiger partial charge in [0.15, 0.2) is 0 Å². The van der Waals surface area contributed by atoms with E-state index in [0.717, 1.165) is 30.0 Å². The SMILES string of the molecule is CC(C)Oc1cc(Br)ccc1C(=O)N1CC[C@@H]2[C@H](CCCN2C2CC2)C1. The van der Waals surface area contributed by atoms with Crippen LogP contribution < -0.4 is 4.74 Å². The summed E-state index contributed by atoms with van der Waals surface area (Å²) >= 11 is 3.49. The van der Waals surface area contributed by atoms with Crippen molar-refractivity contribution in [2.45, 2.75) is 64.1 Å². The summed E-state index contributed by atoms with van der Waals surface area (Å²) in [7, 11) is 0. The van der Waals surface area contributed by atoms with E-state index in [0.29, 0.717) is 23.3 Å². The summed E-state index contributed by atoms with van der Waals surface area (Å²) in [6.45, 7) is 7.01. The fourth-order valence-corrected chi connectivity index (χ4v) is 5.02. The predicted octanol–water partition coefficient (Wildman–Crippen LogP) is 4.33. The number of fused-ring (bicyclic) bond motifs is 1. The summed E-state index contributed by atoms with van der Waals surface area (Å²) in [5, 5.41) is 0. The van der Waals surface area contributed by atoms with Crippen LogP contribution in [0.15, 0.2) is 22.7 Å². The minimum Gasteiger partial charge on any atom is -0.490 e. The molecule has 1 saturated carbocycles. The lowest BCUT2D eigenvalue weighted by atomic mass is 9.83. The number of carbonyl (C=O) groups excluding carboxylic acids is 1. The third kappa shape index (κ3) is 3.79. The summed E-state index contributed by atoms with van der Waals surface area (Å²) in [5.74, 6) is 1.44. The Labute approximate surface area is 165 Å². The normalized spacial score (nSPS) is 26.7. The Kier molecular flexibility index (Phi) is 5.29. The molecule has 26 heavy (non-hydrogen) atoms. The monoisotopic (exact) mass is 420 g/mol. The van der Waals surface area contributed by atoms with E-state index in [1.54, 1.807) is 0 Å². The van der Waals surface area contributed by atoms with Gasteiger partial charge in [0.05, 0.1) is 11.7 Å². The van der Waals surface area contributed by atoms with Crippen molar-refractivity contribution in [3.05, 3.63) is 28.2 Å². The second-order valence-corrected chi connectivity index (χ2v) is 9.20. The number of piperidine rings is 2. The minimum absolute atomic E-state index is 0.0482. The fourth-order valence-electron chi connectivity index (χ4n) is 4.68. The molecule has 0 spiro atoms. The van der Waals surface area contributed by atoms with Crippen LogP contribution in [0.4, 0.5) is 0 Å². The maximum absolute atomic E-state index is 13.2. The van der Waals surface area contributed by atoms with Gasteiger partial charge in [0.2, 0.25) is 0 Å². The van der Waals surface area contributed by atoms with E-state index in [9.17, 15) is 4.79 Å². The summed E-state index contributed by atoms with van der Waals surface area (Å²) in [6.07, 6.45) is 6.45. The first-order valence-electron chi connectivity index (χ1n) is 10.0. The zero-order valence-corrected chi connectivity index (χ0v) is 17.4. The summed E-state index contributed by atoms with van der Waals surface area (Å²) in [4.78, 5) is 18.0. The quantitative estimate of drug-likeness (QED) is 0.726. The van der Waals surface area contributed by atoms with Crippen molar-refractivity contribution in [1.82, 2.24) is 9.80 Å². The molecular formula is C21H29BrN2O2. The molecule has 142 valence electrons. The topological polar surface area (TPSA) is 32.8 Å². The van der Waals surface area contributed by atoms with Gasteiger partial charge in [-0.15, -0.1) is 0 Å². The first kappa shape index (κ1) is 18.3. The number of benzene rings is 1. The highest BCUT2D eigenvalue weighted by molar-refractivity contribution is 9.10. The molecular weight excluding hydrogens is 392 g/mol. The average Bonchev–Trinajstić information content (AvgIpc) is 3.45. The van der Waals surface area contributed by atoms with Gasteiger partial charge in [0.25, 0.3) is 5.91 Å². The Balaban J connectivity index is 1.49. The van der Waals surface area contributed by atoms with Crippen molar-refractivity contribution in [1.29, 1.82) is 0 Å². The number of hydrogen-bond acceptors (Lipinski definition) is 3. The van der Waals surface area contributed by atoms with Gasteiger partial charge in [0.1, 0.15) is 5.75 Å². The van der Waals surface area contributed by atoms with Crippen LogP contribution in [-0.2, 0) is 0 Å². The van der Waals surface area contributed by atoms with Gasteiger partial charge < -0.3 is 9.64 Å². The van der Waals surface area contributed by atoms with E-state index in [1.165, 1.54) is 32.2 Å². The highest BCUT2D eigenvalue weighted by Crippen LogP contribution is 2.39. The molecule has 1 aromatic rings. The van der Waals surface area contributed by atoms with Crippen molar-refractivity contribution in [2.24, 2.45) is 5.92 Å². The molecule has 5 heteroatoms. The maximum Gasteiger partial charge on any atom is 0.257 e. The molecule has 3 fully saturated rings. The van der Waals surface area contributed by atoms with Gasteiger partial charge in [-0.3, -0.25) is 9.69 Å². The van der Waals surface area contributed by atoms with Gasteiger partial charge in [0, 0.05) is 29.6 Å². The van der Waals surface area contributed by atoms with Gasteiger partial charge in [-0.05, 0) is 76.6 Å². The highest BCUT2D eigenvalue weighted by Gasteiger charge is 2.42. The molecule has 0 radical (unpaired) electrons. The second kappa shape index (κ2) is 7.51.